The average molecular weight is 350 g/mol. The third kappa shape index (κ3) is 2.17. The van der Waals surface area contributed by atoms with Gasteiger partial charge >= 0.3 is 0 Å². The van der Waals surface area contributed by atoms with Gasteiger partial charge in [-0.15, -0.1) is 11.3 Å². The lowest BCUT2D eigenvalue weighted by atomic mass is 10.2. The van der Waals surface area contributed by atoms with E-state index in [0.29, 0.717) is 0 Å². The molecule has 0 saturated heterocycles. The Morgan fingerprint density at radius 3 is 2.50 bits per heavy atom. The fraction of sp³-hybridized carbons (Fsp3) is 0.133. The van der Waals surface area contributed by atoms with E-state index in [0.717, 1.165) is 36.8 Å². The third-order valence-electron chi connectivity index (χ3n) is 2.99. The molecule has 0 unspecified atom stereocenters. The summed E-state index contributed by atoms with van der Waals surface area (Å²) in [6.45, 7) is 0. The van der Waals surface area contributed by atoms with Crippen molar-refractivity contribution in [3.8, 4) is 22.1 Å². The molecule has 0 amide bonds. The van der Waals surface area contributed by atoms with Crippen molar-refractivity contribution < 1.29 is 9.47 Å². The van der Waals surface area contributed by atoms with Gasteiger partial charge < -0.3 is 9.47 Å². The van der Waals surface area contributed by atoms with Crippen molar-refractivity contribution in [2.24, 2.45) is 0 Å². The minimum absolute atomic E-state index is 0.735. The Hall–Kier alpha value is -1.59. The number of halogens is 1. The molecule has 0 N–H and O–H groups in total. The summed E-state index contributed by atoms with van der Waals surface area (Å²) in [5.74, 6) is 1.53. The van der Waals surface area contributed by atoms with E-state index < -0.39 is 0 Å². The molecule has 0 aliphatic heterocycles. The summed E-state index contributed by atoms with van der Waals surface area (Å²) in [6, 6.07) is 12.0. The van der Waals surface area contributed by atoms with Gasteiger partial charge in [0.2, 0.25) is 0 Å². The zero-order valence-electron chi connectivity index (χ0n) is 11.0. The minimum Gasteiger partial charge on any atom is -0.495 e. The Morgan fingerprint density at radius 2 is 1.85 bits per heavy atom. The van der Waals surface area contributed by atoms with Crippen LogP contribution >= 0.6 is 27.3 Å². The number of rotatable bonds is 3. The lowest BCUT2D eigenvalue weighted by Crippen LogP contribution is -1.89. The predicted molar refractivity (Wildman–Crippen MR) is 85.9 cm³/mol. The zero-order valence-corrected chi connectivity index (χ0v) is 13.4. The molecule has 102 valence electrons. The van der Waals surface area contributed by atoms with Crippen LogP contribution < -0.4 is 9.47 Å². The second-order valence-electron chi connectivity index (χ2n) is 4.16. The van der Waals surface area contributed by atoms with Crippen LogP contribution in [0.5, 0.6) is 11.5 Å². The zero-order chi connectivity index (χ0) is 14.1. The van der Waals surface area contributed by atoms with Gasteiger partial charge in [0.25, 0.3) is 0 Å². The molecule has 0 radical (unpaired) electrons. The number of hydrogen-bond acceptors (Lipinski definition) is 4. The molecule has 0 atom stereocenters. The highest BCUT2D eigenvalue weighted by Gasteiger charge is 2.17. The highest BCUT2D eigenvalue weighted by Crippen LogP contribution is 2.44. The molecule has 0 aliphatic carbocycles. The summed E-state index contributed by atoms with van der Waals surface area (Å²) in [5, 5.41) is 0.954. The van der Waals surface area contributed by atoms with Gasteiger partial charge in [0.1, 0.15) is 21.0 Å². The number of nitrogens with zero attached hydrogens (tertiary/aromatic N) is 1. The first-order valence-corrected chi connectivity index (χ1v) is 7.62. The number of thiazole rings is 1. The number of fused-ring (bicyclic) bond motifs is 1. The largest absolute Gasteiger partial charge is 0.495 e. The van der Waals surface area contributed by atoms with E-state index in [1.807, 2.05) is 36.4 Å². The standard InChI is InChI=1S/C15H12BrNO2S/c1-18-11-8-10(16)13(19-2)12-14(11)20-15(17-12)9-6-4-3-5-7-9/h3-8H,1-2H3. The van der Waals surface area contributed by atoms with E-state index in [-0.39, 0.29) is 0 Å². The molecule has 2 aromatic carbocycles. The van der Waals surface area contributed by atoms with Crippen LogP contribution in [0.1, 0.15) is 0 Å². The van der Waals surface area contributed by atoms with Crippen molar-refractivity contribution >= 4 is 37.5 Å². The van der Waals surface area contributed by atoms with Crippen molar-refractivity contribution in [2.75, 3.05) is 14.2 Å². The molecule has 3 aromatic rings. The van der Waals surface area contributed by atoms with Crippen molar-refractivity contribution in [2.45, 2.75) is 0 Å². The Labute approximate surface area is 129 Å². The Kier molecular flexibility index (Phi) is 3.63. The summed E-state index contributed by atoms with van der Waals surface area (Å²) in [5.41, 5.74) is 1.91. The van der Waals surface area contributed by atoms with Gasteiger partial charge in [-0.25, -0.2) is 4.98 Å². The Bertz CT molecular complexity index is 755. The molecule has 0 aliphatic rings. The minimum atomic E-state index is 0.735. The lowest BCUT2D eigenvalue weighted by molar-refractivity contribution is 0.408. The molecular weight excluding hydrogens is 338 g/mol. The summed E-state index contributed by atoms with van der Waals surface area (Å²) < 4.78 is 12.7. The first kappa shape index (κ1) is 13.4. The van der Waals surface area contributed by atoms with Crippen LogP contribution in [0.2, 0.25) is 0 Å². The number of ether oxygens (including phenoxy) is 2. The molecule has 20 heavy (non-hydrogen) atoms. The number of methoxy groups -OCH3 is 2. The van der Waals surface area contributed by atoms with Crippen LogP contribution in [0.25, 0.3) is 20.8 Å². The van der Waals surface area contributed by atoms with Crippen LogP contribution in [0, 0.1) is 0 Å². The molecule has 0 bridgehead atoms. The smallest absolute Gasteiger partial charge is 0.160 e. The molecule has 0 spiro atoms. The van der Waals surface area contributed by atoms with Gasteiger partial charge in [-0.1, -0.05) is 30.3 Å². The summed E-state index contributed by atoms with van der Waals surface area (Å²) >= 11 is 5.10. The van der Waals surface area contributed by atoms with E-state index >= 15 is 0 Å². The second-order valence-corrected chi connectivity index (χ2v) is 6.01. The van der Waals surface area contributed by atoms with Crippen molar-refractivity contribution in [1.82, 2.24) is 4.98 Å². The first-order chi connectivity index (χ1) is 9.74. The van der Waals surface area contributed by atoms with Crippen molar-refractivity contribution in [3.05, 3.63) is 40.9 Å². The highest BCUT2D eigenvalue weighted by atomic mass is 79.9. The van der Waals surface area contributed by atoms with Crippen molar-refractivity contribution in [3.63, 3.8) is 0 Å². The van der Waals surface area contributed by atoms with Gasteiger partial charge in [0.15, 0.2) is 5.75 Å². The van der Waals surface area contributed by atoms with Gasteiger partial charge in [-0.05, 0) is 22.0 Å². The maximum absolute atomic E-state index is 5.45. The SMILES string of the molecule is COc1c(Br)cc(OC)c2sc(-c3ccccc3)nc12. The monoisotopic (exact) mass is 349 g/mol. The van der Waals surface area contributed by atoms with E-state index in [1.165, 1.54) is 0 Å². The number of hydrogen-bond donors (Lipinski definition) is 0. The fourth-order valence-electron chi connectivity index (χ4n) is 2.05. The molecule has 3 nitrogen and oxygen atoms in total. The van der Waals surface area contributed by atoms with Crippen LogP contribution in [0.4, 0.5) is 0 Å². The van der Waals surface area contributed by atoms with Crippen molar-refractivity contribution in [1.29, 1.82) is 0 Å². The molecule has 1 heterocycles. The van der Waals surface area contributed by atoms with E-state index in [2.05, 4.69) is 15.9 Å². The third-order valence-corrected chi connectivity index (χ3v) is 4.69. The summed E-state index contributed by atoms with van der Waals surface area (Å²) in [7, 11) is 3.31. The topological polar surface area (TPSA) is 31.4 Å². The van der Waals surface area contributed by atoms with Gasteiger partial charge in [0, 0.05) is 5.56 Å². The highest BCUT2D eigenvalue weighted by molar-refractivity contribution is 9.10. The number of aromatic nitrogens is 1. The van der Waals surface area contributed by atoms with Crippen LogP contribution in [0.15, 0.2) is 40.9 Å². The summed E-state index contributed by atoms with van der Waals surface area (Å²) in [6.07, 6.45) is 0. The van der Waals surface area contributed by atoms with E-state index in [9.17, 15) is 0 Å². The van der Waals surface area contributed by atoms with Crippen LogP contribution in [-0.4, -0.2) is 19.2 Å². The second kappa shape index (κ2) is 5.42. The maximum Gasteiger partial charge on any atom is 0.160 e. The van der Waals surface area contributed by atoms with E-state index in [1.54, 1.807) is 25.6 Å². The maximum atomic E-state index is 5.45. The van der Waals surface area contributed by atoms with Gasteiger partial charge in [-0.3, -0.25) is 0 Å². The Balaban J connectivity index is 2.29. The molecular formula is C15H12BrNO2S. The predicted octanol–water partition coefficient (Wildman–Crippen LogP) is 4.74. The van der Waals surface area contributed by atoms with Gasteiger partial charge in [0.05, 0.1) is 18.7 Å². The average Bonchev–Trinajstić information content (AvgIpc) is 2.92. The van der Waals surface area contributed by atoms with Gasteiger partial charge in [-0.2, -0.15) is 0 Å². The number of benzene rings is 2. The van der Waals surface area contributed by atoms with Crippen LogP contribution in [0.3, 0.4) is 0 Å². The normalized spacial score (nSPS) is 10.8. The molecule has 0 saturated carbocycles. The molecule has 0 fully saturated rings. The summed E-state index contributed by atoms with van der Waals surface area (Å²) in [4.78, 5) is 4.71. The lowest BCUT2D eigenvalue weighted by Gasteiger charge is -2.07. The van der Waals surface area contributed by atoms with E-state index in [4.69, 9.17) is 14.5 Å². The molecule has 5 heteroatoms. The first-order valence-electron chi connectivity index (χ1n) is 6.01. The quantitative estimate of drug-likeness (QED) is 0.684. The Morgan fingerprint density at radius 1 is 1.10 bits per heavy atom. The fourth-order valence-corrected chi connectivity index (χ4v) is 3.67. The van der Waals surface area contributed by atoms with Crippen LogP contribution in [-0.2, 0) is 0 Å². The molecule has 1 aromatic heterocycles. The molecule has 3 rings (SSSR count).